The van der Waals surface area contributed by atoms with Gasteiger partial charge in [-0.2, -0.15) is 0 Å². The first-order valence-electron chi connectivity index (χ1n) is 6.76. The Labute approximate surface area is 134 Å². The molecule has 20 heavy (non-hydrogen) atoms. The third kappa shape index (κ3) is 3.77. The summed E-state index contributed by atoms with van der Waals surface area (Å²) in [4.78, 5) is 0. The molecule has 1 nitrogen and oxygen atoms in total. The fourth-order valence-corrected chi connectivity index (χ4v) is 2.60. The molecule has 0 aromatic heterocycles. The lowest BCUT2D eigenvalue weighted by molar-refractivity contribution is 0.478. The van der Waals surface area contributed by atoms with Crippen LogP contribution in [0, 0.1) is 0 Å². The van der Waals surface area contributed by atoms with Crippen LogP contribution in [0.5, 0.6) is 11.5 Å². The Bertz CT molecular complexity index is 566. The largest absolute Gasteiger partial charge is 0.457 e. The first-order chi connectivity index (χ1) is 9.63. The minimum atomic E-state index is 0.430. The number of alkyl halides is 1. The first kappa shape index (κ1) is 15.4. The maximum absolute atomic E-state index is 5.96. The molecular formula is C17H18BrClO. The molecular weight excluding hydrogens is 336 g/mol. The van der Waals surface area contributed by atoms with E-state index in [0.717, 1.165) is 28.0 Å². The maximum atomic E-state index is 5.96. The van der Waals surface area contributed by atoms with Crippen molar-refractivity contribution in [2.24, 2.45) is 0 Å². The highest BCUT2D eigenvalue weighted by Crippen LogP contribution is 2.30. The molecule has 0 fully saturated rings. The number of halogens is 2. The van der Waals surface area contributed by atoms with Crippen molar-refractivity contribution < 1.29 is 4.74 Å². The SMILES string of the molecule is CCC(C)c1ccc(Oc2ccc(Br)cc2CCl)cc1. The first-order valence-corrected chi connectivity index (χ1v) is 8.09. The van der Waals surface area contributed by atoms with Gasteiger partial charge >= 0.3 is 0 Å². The smallest absolute Gasteiger partial charge is 0.131 e. The van der Waals surface area contributed by atoms with E-state index in [4.69, 9.17) is 16.3 Å². The fraction of sp³-hybridized carbons (Fsp3) is 0.294. The van der Waals surface area contributed by atoms with Crippen LogP contribution in [-0.4, -0.2) is 0 Å². The van der Waals surface area contributed by atoms with Gasteiger partial charge in [-0.25, -0.2) is 0 Å². The van der Waals surface area contributed by atoms with Crippen molar-refractivity contribution in [3.05, 3.63) is 58.1 Å². The molecule has 2 rings (SSSR count). The van der Waals surface area contributed by atoms with Gasteiger partial charge in [0, 0.05) is 10.0 Å². The van der Waals surface area contributed by atoms with Crippen molar-refractivity contribution in [1.29, 1.82) is 0 Å². The van der Waals surface area contributed by atoms with Gasteiger partial charge in [-0.05, 0) is 48.2 Å². The van der Waals surface area contributed by atoms with Crippen molar-refractivity contribution in [2.75, 3.05) is 0 Å². The highest BCUT2D eigenvalue weighted by atomic mass is 79.9. The lowest BCUT2D eigenvalue weighted by Crippen LogP contribution is -1.93. The van der Waals surface area contributed by atoms with E-state index in [1.54, 1.807) is 0 Å². The van der Waals surface area contributed by atoms with Crippen molar-refractivity contribution in [3.63, 3.8) is 0 Å². The second-order valence-electron chi connectivity index (χ2n) is 4.87. The summed E-state index contributed by atoms with van der Waals surface area (Å²) in [6, 6.07) is 14.2. The van der Waals surface area contributed by atoms with Gasteiger partial charge in [0.25, 0.3) is 0 Å². The minimum absolute atomic E-state index is 0.430. The van der Waals surface area contributed by atoms with Crippen LogP contribution in [0.1, 0.15) is 37.3 Å². The van der Waals surface area contributed by atoms with E-state index < -0.39 is 0 Å². The Kier molecular flexibility index (Phi) is 5.50. The number of hydrogen-bond acceptors (Lipinski definition) is 1. The van der Waals surface area contributed by atoms with Crippen LogP contribution in [-0.2, 0) is 5.88 Å². The molecule has 0 N–H and O–H groups in total. The molecule has 1 atom stereocenters. The van der Waals surface area contributed by atoms with Crippen LogP contribution in [0.25, 0.3) is 0 Å². The quantitative estimate of drug-likeness (QED) is 0.558. The zero-order chi connectivity index (χ0) is 14.5. The van der Waals surface area contributed by atoms with E-state index in [2.05, 4.69) is 41.9 Å². The van der Waals surface area contributed by atoms with Crippen LogP contribution in [0.3, 0.4) is 0 Å². The summed E-state index contributed by atoms with van der Waals surface area (Å²) < 4.78 is 6.93. The van der Waals surface area contributed by atoms with Gasteiger partial charge in [-0.1, -0.05) is 41.9 Å². The van der Waals surface area contributed by atoms with E-state index in [9.17, 15) is 0 Å². The standard InChI is InChI=1S/C17H18BrClO/c1-3-12(2)13-4-7-16(8-5-13)20-17-9-6-15(18)10-14(17)11-19/h4-10,12H,3,11H2,1-2H3. The minimum Gasteiger partial charge on any atom is -0.457 e. The van der Waals surface area contributed by atoms with Crippen LogP contribution in [0.4, 0.5) is 0 Å². The monoisotopic (exact) mass is 352 g/mol. The van der Waals surface area contributed by atoms with Crippen LogP contribution in [0.15, 0.2) is 46.9 Å². The predicted octanol–water partition coefficient (Wildman–Crippen LogP) is 6.49. The number of ether oxygens (including phenoxy) is 1. The maximum Gasteiger partial charge on any atom is 0.131 e. The molecule has 0 saturated carbocycles. The van der Waals surface area contributed by atoms with Crippen LogP contribution >= 0.6 is 27.5 Å². The molecule has 0 amide bonds. The Morgan fingerprint density at radius 2 is 1.85 bits per heavy atom. The van der Waals surface area contributed by atoms with Crippen LogP contribution < -0.4 is 4.74 Å². The summed E-state index contributed by atoms with van der Waals surface area (Å²) in [6.07, 6.45) is 1.14. The van der Waals surface area contributed by atoms with Crippen molar-refractivity contribution in [3.8, 4) is 11.5 Å². The third-order valence-corrected chi connectivity index (χ3v) is 4.24. The van der Waals surface area contributed by atoms with E-state index >= 15 is 0 Å². The lowest BCUT2D eigenvalue weighted by atomic mass is 9.99. The Morgan fingerprint density at radius 3 is 2.45 bits per heavy atom. The molecule has 0 spiro atoms. The van der Waals surface area contributed by atoms with Crippen molar-refractivity contribution in [2.45, 2.75) is 32.1 Å². The molecule has 0 saturated heterocycles. The summed E-state index contributed by atoms with van der Waals surface area (Å²) in [7, 11) is 0. The summed E-state index contributed by atoms with van der Waals surface area (Å²) >= 11 is 9.40. The average Bonchev–Trinajstić information content (AvgIpc) is 2.49. The molecule has 0 radical (unpaired) electrons. The molecule has 0 aliphatic heterocycles. The van der Waals surface area contributed by atoms with E-state index in [-0.39, 0.29) is 0 Å². The van der Waals surface area contributed by atoms with Gasteiger partial charge in [0.15, 0.2) is 0 Å². The summed E-state index contributed by atoms with van der Waals surface area (Å²) in [5, 5.41) is 0. The second-order valence-corrected chi connectivity index (χ2v) is 6.05. The predicted molar refractivity (Wildman–Crippen MR) is 88.9 cm³/mol. The lowest BCUT2D eigenvalue weighted by Gasteiger charge is -2.12. The van der Waals surface area contributed by atoms with Crippen molar-refractivity contribution in [1.82, 2.24) is 0 Å². The summed E-state index contributed by atoms with van der Waals surface area (Å²) in [5.74, 6) is 2.65. The zero-order valence-corrected chi connectivity index (χ0v) is 14.0. The normalized spacial score (nSPS) is 12.2. The third-order valence-electron chi connectivity index (χ3n) is 3.46. The van der Waals surface area contributed by atoms with Gasteiger partial charge in [-0.15, -0.1) is 11.6 Å². The highest BCUT2D eigenvalue weighted by molar-refractivity contribution is 9.10. The topological polar surface area (TPSA) is 9.23 Å². The second kappa shape index (κ2) is 7.14. The van der Waals surface area contributed by atoms with E-state index in [1.165, 1.54) is 5.56 Å². The van der Waals surface area contributed by atoms with Crippen LogP contribution in [0.2, 0.25) is 0 Å². The molecule has 1 unspecified atom stereocenters. The van der Waals surface area contributed by atoms with E-state index in [0.29, 0.717) is 11.8 Å². The molecule has 0 heterocycles. The zero-order valence-electron chi connectivity index (χ0n) is 11.7. The molecule has 0 bridgehead atoms. The fourth-order valence-electron chi connectivity index (χ4n) is 1.98. The molecule has 2 aromatic rings. The van der Waals surface area contributed by atoms with Gasteiger partial charge < -0.3 is 4.74 Å². The average molecular weight is 354 g/mol. The number of benzene rings is 2. The van der Waals surface area contributed by atoms with Gasteiger partial charge in [0.05, 0.1) is 5.88 Å². The van der Waals surface area contributed by atoms with Gasteiger partial charge in [0.1, 0.15) is 11.5 Å². The number of hydrogen-bond donors (Lipinski definition) is 0. The highest BCUT2D eigenvalue weighted by Gasteiger charge is 2.06. The molecule has 0 aliphatic rings. The Hall–Kier alpha value is -0.990. The van der Waals surface area contributed by atoms with Gasteiger partial charge in [0.2, 0.25) is 0 Å². The Morgan fingerprint density at radius 1 is 1.15 bits per heavy atom. The molecule has 3 heteroatoms. The summed E-state index contributed by atoms with van der Waals surface area (Å²) in [5.41, 5.74) is 2.32. The van der Waals surface area contributed by atoms with Gasteiger partial charge in [-0.3, -0.25) is 0 Å². The molecule has 106 valence electrons. The van der Waals surface area contributed by atoms with E-state index in [1.807, 2.05) is 30.3 Å². The van der Waals surface area contributed by atoms with Crippen molar-refractivity contribution >= 4 is 27.5 Å². The molecule has 2 aromatic carbocycles. The Balaban J connectivity index is 2.18. The summed E-state index contributed by atoms with van der Waals surface area (Å²) in [6.45, 7) is 4.43. The molecule has 0 aliphatic carbocycles. The number of rotatable bonds is 5.